The van der Waals surface area contributed by atoms with Gasteiger partial charge in [0.25, 0.3) is 5.91 Å². The van der Waals surface area contributed by atoms with E-state index in [2.05, 4.69) is 36.2 Å². The third-order valence-corrected chi connectivity index (χ3v) is 5.64. The fourth-order valence-corrected chi connectivity index (χ4v) is 4.10. The second-order valence-electron chi connectivity index (χ2n) is 7.13. The van der Waals surface area contributed by atoms with Crippen molar-refractivity contribution in [2.75, 3.05) is 25.0 Å². The quantitative estimate of drug-likeness (QED) is 0.722. The highest BCUT2D eigenvalue weighted by molar-refractivity contribution is 6.36. The Morgan fingerprint density at radius 3 is 2.30 bits per heavy atom. The summed E-state index contributed by atoms with van der Waals surface area (Å²) in [5.74, 6) is -0.586. The zero-order valence-corrected chi connectivity index (χ0v) is 16.4. The number of anilines is 1. The summed E-state index contributed by atoms with van der Waals surface area (Å²) in [5.41, 5.74) is 3.54. The average molecular weight is 364 g/mol. The molecule has 1 heterocycles. The Balaban J connectivity index is 1.89. The number of Topliss-reactive ketones (excluding diaryl/α,β-unsaturated/α-hetero) is 1. The Morgan fingerprint density at radius 1 is 1.00 bits per heavy atom. The lowest BCUT2D eigenvalue weighted by molar-refractivity contribution is -0.144. The van der Waals surface area contributed by atoms with Crippen LogP contribution in [0.4, 0.5) is 5.69 Å². The highest BCUT2D eigenvalue weighted by Crippen LogP contribution is 2.45. The molecule has 142 valence electrons. The molecule has 0 spiro atoms. The Hall–Kier alpha value is -2.62. The lowest BCUT2D eigenvalue weighted by Crippen LogP contribution is -2.38. The number of likely N-dealkylation sites (N-methyl/N-ethyl adjacent to an activating group) is 1. The third kappa shape index (κ3) is 3.90. The second-order valence-corrected chi connectivity index (χ2v) is 7.13. The average Bonchev–Trinajstić information content (AvgIpc) is 2.71. The van der Waals surface area contributed by atoms with Gasteiger partial charge in [0.2, 0.25) is 5.78 Å². The monoisotopic (exact) mass is 364 g/mol. The van der Waals surface area contributed by atoms with Crippen molar-refractivity contribution in [3.05, 3.63) is 65.7 Å². The molecule has 0 unspecified atom stereocenters. The molecule has 27 heavy (non-hydrogen) atoms. The van der Waals surface area contributed by atoms with Crippen LogP contribution in [0.1, 0.15) is 49.8 Å². The van der Waals surface area contributed by atoms with Crippen molar-refractivity contribution < 1.29 is 9.59 Å². The molecule has 1 amide bonds. The first-order valence-corrected chi connectivity index (χ1v) is 9.75. The highest BCUT2D eigenvalue weighted by Gasteiger charge is 2.34. The van der Waals surface area contributed by atoms with E-state index in [1.807, 2.05) is 44.2 Å². The molecule has 1 aliphatic heterocycles. The summed E-state index contributed by atoms with van der Waals surface area (Å²) < 4.78 is 0. The number of para-hydroxylation sites is 1. The number of carbonyl (C=O) groups excluding carboxylic acids is 2. The Morgan fingerprint density at radius 2 is 1.63 bits per heavy atom. The van der Waals surface area contributed by atoms with Crippen LogP contribution >= 0.6 is 0 Å². The first kappa shape index (κ1) is 19.2. The molecule has 0 radical (unpaired) electrons. The molecular formula is C23H28N2O2. The van der Waals surface area contributed by atoms with Crippen LogP contribution in [0.5, 0.6) is 0 Å². The maximum Gasteiger partial charge on any atom is 0.289 e. The van der Waals surface area contributed by atoms with Gasteiger partial charge in [0, 0.05) is 32.2 Å². The normalized spacial score (nSPS) is 18.7. The van der Waals surface area contributed by atoms with Crippen molar-refractivity contribution in [3.63, 3.8) is 0 Å². The van der Waals surface area contributed by atoms with Gasteiger partial charge in [0.15, 0.2) is 0 Å². The van der Waals surface area contributed by atoms with Crippen molar-refractivity contribution in [2.45, 2.75) is 38.6 Å². The minimum atomic E-state index is -0.354. The summed E-state index contributed by atoms with van der Waals surface area (Å²) in [4.78, 5) is 29.1. The smallest absolute Gasteiger partial charge is 0.289 e. The van der Waals surface area contributed by atoms with Gasteiger partial charge in [-0.1, -0.05) is 48.5 Å². The van der Waals surface area contributed by atoms with Crippen molar-refractivity contribution in [1.29, 1.82) is 0 Å². The fourth-order valence-electron chi connectivity index (χ4n) is 4.10. The number of hydrogen-bond acceptors (Lipinski definition) is 3. The summed E-state index contributed by atoms with van der Waals surface area (Å²) in [7, 11) is 2.11. The Labute approximate surface area is 161 Å². The number of ketones is 1. The largest absolute Gasteiger partial charge is 0.367 e. The third-order valence-electron chi connectivity index (χ3n) is 5.64. The summed E-state index contributed by atoms with van der Waals surface area (Å²) in [6, 6.07) is 18.8. The van der Waals surface area contributed by atoms with Crippen LogP contribution in [0.25, 0.3) is 0 Å². The van der Waals surface area contributed by atoms with Gasteiger partial charge in [-0.2, -0.15) is 0 Å². The zero-order chi connectivity index (χ0) is 19.4. The number of benzene rings is 2. The molecule has 3 rings (SSSR count). The van der Waals surface area contributed by atoms with Crippen LogP contribution in [-0.2, 0) is 9.59 Å². The summed E-state index contributed by atoms with van der Waals surface area (Å²) in [6.07, 6.45) is 1.10. The number of nitrogens with zero attached hydrogens (tertiary/aromatic N) is 2. The summed E-state index contributed by atoms with van der Waals surface area (Å²) in [5, 5.41) is 0. The molecule has 0 aromatic heterocycles. The molecule has 0 aliphatic carbocycles. The number of hydrogen-bond donors (Lipinski definition) is 0. The molecule has 0 bridgehead atoms. The van der Waals surface area contributed by atoms with Gasteiger partial charge in [0.1, 0.15) is 0 Å². The predicted octanol–water partition coefficient (Wildman–Crippen LogP) is 4.18. The van der Waals surface area contributed by atoms with Gasteiger partial charge in [-0.25, -0.2) is 0 Å². The topological polar surface area (TPSA) is 40.6 Å². The van der Waals surface area contributed by atoms with Gasteiger partial charge in [-0.05, 0) is 43.4 Å². The van der Waals surface area contributed by atoms with Crippen molar-refractivity contribution >= 4 is 17.4 Å². The first-order chi connectivity index (χ1) is 13.1. The van der Waals surface area contributed by atoms with E-state index in [-0.39, 0.29) is 30.1 Å². The van der Waals surface area contributed by atoms with Crippen LogP contribution in [0, 0.1) is 0 Å². The van der Waals surface area contributed by atoms with E-state index >= 15 is 0 Å². The molecule has 0 saturated heterocycles. The number of amides is 1. The molecule has 0 N–H and O–H groups in total. The maximum atomic E-state index is 12.7. The minimum absolute atomic E-state index is 0.0506. The molecule has 0 saturated carbocycles. The first-order valence-electron chi connectivity index (χ1n) is 9.75. The van der Waals surface area contributed by atoms with Crippen molar-refractivity contribution in [3.8, 4) is 0 Å². The molecule has 2 aromatic carbocycles. The van der Waals surface area contributed by atoms with E-state index < -0.39 is 0 Å². The fraction of sp³-hybridized carbons (Fsp3) is 0.391. The molecule has 2 aromatic rings. The van der Waals surface area contributed by atoms with Crippen molar-refractivity contribution in [1.82, 2.24) is 4.90 Å². The highest BCUT2D eigenvalue weighted by atomic mass is 16.2. The van der Waals surface area contributed by atoms with E-state index in [0.717, 1.165) is 17.7 Å². The van der Waals surface area contributed by atoms with Crippen LogP contribution < -0.4 is 4.90 Å². The van der Waals surface area contributed by atoms with Gasteiger partial charge < -0.3 is 9.80 Å². The molecule has 2 atom stereocenters. The van der Waals surface area contributed by atoms with Gasteiger partial charge in [-0.3, -0.25) is 9.59 Å². The number of carbonyl (C=O) groups is 2. The lowest BCUT2D eigenvalue weighted by Gasteiger charge is -2.40. The Bertz CT molecular complexity index is 799. The van der Waals surface area contributed by atoms with E-state index in [1.165, 1.54) is 5.56 Å². The Kier molecular flexibility index (Phi) is 5.94. The summed E-state index contributed by atoms with van der Waals surface area (Å²) in [6.45, 7) is 4.95. The van der Waals surface area contributed by atoms with Gasteiger partial charge in [0.05, 0.1) is 6.04 Å². The number of rotatable bonds is 6. The lowest BCUT2D eigenvalue weighted by atomic mass is 9.80. The standard InChI is InChI=1S/C23H28N2O2/c1-4-25(5-2)23(27)22(26)16-18-15-21(17-11-7-6-8-12-17)24(3)20-14-10-9-13-19(18)20/h6-14,18,21H,4-5,15-16H2,1-3H3/t18-,21+/m1/s1. The minimum Gasteiger partial charge on any atom is -0.367 e. The summed E-state index contributed by atoms with van der Waals surface area (Å²) >= 11 is 0. The van der Waals surface area contributed by atoms with Crippen LogP contribution in [-0.4, -0.2) is 36.7 Å². The van der Waals surface area contributed by atoms with E-state index in [4.69, 9.17) is 0 Å². The SMILES string of the molecule is CCN(CC)C(=O)C(=O)C[C@H]1C[C@@H](c2ccccc2)N(C)c2ccccc21. The predicted molar refractivity (Wildman–Crippen MR) is 109 cm³/mol. The molecule has 1 aliphatic rings. The van der Waals surface area contributed by atoms with E-state index in [9.17, 15) is 9.59 Å². The maximum absolute atomic E-state index is 12.7. The zero-order valence-electron chi connectivity index (χ0n) is 16.4. The van der Waals surface area contributed by atoms with Crippen LogP contribution in [0.2, 0.25) is 0 Å². The number of fused-ring (bicyclic) bond motifs is 1. The van der Waals surface area contributed by atoms with Gasteiger partial charge in [-0.15, -0.1) is 0 Å². The van der Waals surface area contributed by atoms with E-state index in [1.54, 1.807) is 4.90 Å². The van der Waals surface area contributed by atoms with Gasteiger partial charge >= 0.3 is 0 Å². The van der Waals surface area contributed by atoms with E-state index in [0.29, 0.717) is 13.1 Å². The molecular weight excluding hydrogens is 336 g/mol. The van der Waals surface area contributed by atoms with Crippen molar-refractivity contribution in [2.24, 2.45) is 0 Å². The molecule has 4 nitrogen and oxygen atoms in total. The van der Waals surface area contributed by atoms with Crippen LogP contribution in [0.3, 0.4) is 0 Å². The van der Waals surface area contributed by atoms with Crippen LogP contribution in [0.15, 0.2) is 54.6 Å². The molecule has 4 heteroatoms. The second kappa shape index (κ2) is 8.38. The molecule has 0 fully saturated rings.